The molecule has 0 spiro atoms. The second kappa shape index (κ2) is 5.70. The van der Waals surface area contributed by atoms with Crippen molar-refractivity contribution in [2.24, 2.45) is 41.4 Å². The molecule has 0 radical (unpaired) electrons. The maximum Gasteiger partial charge on any atom is 0.237 e. The number of hydrogen-bond acceptors (Lipinski definition) is 2. The molecule has 1 heterocycles. The molecule has 142 valence electrons. The number of rotatable bonds is 3. The van der Waals surface area contributed by atoms with Crippen molar-refractivity contribution >= 4 is 29.1 Å². The Morgan fingerprint density at radius 2 is 1.61 bits per heavy atom. The van der Waals surface area contributed by atoms with Gasteiger partial charge in [0, 0.05) is 5.02 Å². The molecule has 0 aromatic heterocycles. The van der Waals surface area contributed by atoms with Crippen LogP contribution in [0.3, 0.4) is 0 Å². The third kappa shape index (κ3) is 2.17. The Morgan fingerprint density at radius 1 is 0.964 bits per heavy atom. The van der Waals surface area contributed by atoms with Gasteiger partial charge < -0.3 is 0 Å². The summed E-state index contributed by atoms with van der Waals surface area (Å²) in [6, 6.07) is 15.8. The highest BCUT2D eigenvalue weighted by atomic mass is 35.5. The zero-order valence-corrected chi connectivity index (χ0v) is 16.5. The van der Waals surface area contributed by atoms with Crippen LogP contribution in [0.4, 0.5) is 5.69 Å². The highest BCUT2D eigenvalue weighted by Crippen LogP contribution is 2.74. The lowest BCUT2D eigenvalue weighted by Gasteiger charge is -2.19. The molecule has 6 rings (SSSR count). The smallest absolute Gasteiger partial charge is 0.237 e. The molecule has 4 aliphatic rings. The molecule has 3 saturated carbocycles. The molecule has 28 heavy (non-hydrogen) atoms. The van der Waals surface area contributed by atoms with Crippen LogP contribution in [0.25, 0.3) is 0 Å². The predicted octanol–water partition coefficient (Wildman–Crippen LogP) is 4.51. The molecule has 3 nitrogen and oxygen atoms in total. The standard InChI is InChI=1S/C24H22ClNO2/c1-12-5-7-15(8-6-12)26-23(27)21-17-11-18(22(21)24(26)28)20-16(19(17)20)10-13-3-2-4-14(25)9-13/h2-9,16-22H,10-11H2,1H3/t16?,17-,18+,19+,20-,21+,22-. The summed E-state index contributed by atoms with van der Waals surface area (Å²) < 4.78 is 0. The summed E-state index contributed by atoms with van der Waals surface area (Å²) in [5.41, 5.74) is 3.14. The molecule has 1 saturated heterocycles. The second-order valence-corrected chi connectivity index (χ2v) is 9.55. The van der Waals surface area contributed by atoms with Crippen molar-refractivity contribution < 1.29 is 9.59 Å². The first-order valence-corrected chi connectivity index (χ1v) is 10.6. The van der Waals surface area contributed by atoms with E-state index in [1.165, 1.54) is 10.5 Å². The van der Waals surface area contributed by atoms with Crippen LogP contribution in [0.15, 0.2) is 48.5 Å². The fourth-order valence-electron chi connectivity index (χ4n) is 6.80. The summed E-state index contributed by atoms with van der Waals surface area (Å²) in [7, 11) is 0. The van der Waals surface area contributed by atoms with E-state index in [1.54, 1.807) is 0 Å². The number of nitrogens with zero attached hydrogens (tertiary/aromatic N) is 1. The normalized spacial score (nSPS) is 37.4. The molecule has 0 N–H and O–H groups in total. The van der Waals surface area contributed by atoms with Crippen LogP contribution in [0.1, 0.15) is 17.5 Å². The number of carbonyl (C=O) groups excluding carboxylic acids is 2. The van der Waals surface area contributed by atoms with Crippen molar-refractivity contribution in [3.05, 3.63) is 64.7 Å². The van der Waals surface area contributed by atoms with Crippen LogP contribution in [-0.4, -0.2) is 11.8 Å². The number of halogens is 1. The molecule has 4 heteroatoms. The van der Waals surface area contributed by atoms with E-state index in [-0.39, 0.29) is 23.7 Å². The van der Waals surface area contributed by atoms with E-state index in [0.29, 0.717) is 29.6 Å². The van der Waals surface area contributed by atoms with Gasteiger partial charge in [-0.05, 0) is 79.2 Å². The van der Waals surface area contributed by atoms with Crippen molar-refractivity contribution in [1.82, 2.24) is 0 Å². The molecule has 7 atom stereocenters. The summed E-state index contributed by atoms with van der Waals surface area (Å²) in [5, 5.41) is 0.780. The Kier molecular flexibility index (Phi) is 3.42. The maximum absolute atomic E-state index is 13.2. The van der Waals surface area contributed by atoms with E-state index in [9.17, 15) is 9.59 Å². The lowest BCUT2D eigenvalue weighted by molar-refractivity contribution is -0.123. The van der Waals surface area contributed by atoms with Gasteiger partial charge in [-0.15, -0.1) is 0 Å². The average molecular weight is 392 g/mol. The third-order valence-corrected chi connectivity index (χ3v) is 8.03. The van der Waals surface area contributed by atoms with E-state index in [2.05, 4.69) is 6.07 Å². The van der Waals surface area contributed by atoms with Gasteiger partial charge in [-0.3, -0.25) is 14.5 Å². The lowest BCUT2D eigenvalue weighted by atomic mass is 9.81. The lowest BCUT2D eigenvalue weighted by Crippen LogP contribution is -2.33. The molecular formula is C24H22ClNO2. The topological polar surface area (TPSA) is 37.4 Å². The molecular weight excluding hydrogens is 370 g/mol. The number of carbonyl (C=O) groups is 2. The summed E-state index contributed by atoms with van der Waals surface area (Å²) >= 11 is 6.14. The zero-order valence-electron chi connectivity index (χ0n) is 15.7. The van der Waals surface area contributed by atoms with Crippen LogP contribution in [-0.2, 0) is 16.0 Å². The van der Waals surface area contributed by atoms with Gasteiger partial charge in [0.25, 0.3) is 0 Å². The first-order valence-electron chi connectivity index (χ1n) is 10.2. The van der Waals surface area contributed by atoms with Gasteiger partial charge in [0.2, 0.25) is 11.8 Å². The number of fused-ring (bicyclic) bond motifs is 8. The summed E-state index contributed by atoms with van der Waals surface area (Å²) in [5.74, 6) is 2.50. The Balaban J connectivity index is 1.25. The van der Waals surface area contributed by atoms with E-state index >= 15 is 0 Å². The van der Waals surface area contributed by atoms with Crippen molar-refractivity contribution in [3.63, 3.8) is 0 Å². The van der Waals surface area contributed by atoms with Crippen LogP contribution in [0.5, 0.6) is 0 Å². The molecule has 2 aromatic rings. The van der Waals surface area contributed by atoms with Crippen molar-refractivity contribution in [2.75, 3.05) is 4.90 Å². The van der Waals surface area contributed by atoms with E-state index < -0.39 is 0 Å². The van der Waals surface area contributed by atoms with Crippen LogP contribution in [0.2, 0.25) is 5.02 Å². The number of benzene rings is 2. The third-order valence-electron chi connectivity index (χ3n) is 7.80. The van der Waals surface area contributed by atoms with Crippen molar-refractivity contribution in [2.45, 2.75) is 19.8 Å². The Labute approximate surface area is 169 Å². The summed E-state index contributed by atoms with van der Waals surface area (Å²) in [6.07, 6.45) is 2.09. The largest absolute Gasteiger partial charge is 0.274 e. The number of imide groups is 1. The summed E-state index contributed by atoms with van der Waals surface area (Å²) in [6.45, 7) is 2.01. The molecule has 4 fully saturated rings. The highest BCUT2D eigenvalue weighted by Gasteiger charge is 2.75. The van der Waals surface area contributed by atoms with Gasteiger partial charge >= 0.3 is 0 Å². The zero-order chi connectivity index (χ0) is 19.2. The highest BCUT2D eigenvalue weighted by molar-refractivity contribution is 6.30. The minimum atomic E-state index is -0.0931. The molecule has 2 bridgehead atoms. The minimum Gasteiger partial charge on any atom is -0.274 e. The number of hydrogen-bond donors (Lipinski definition) is 0. The average Bonchev–Trinajstić information content (AvgIpc) is 2.97. The number of amides is 2. The Hall–Kier alpha value is -2.13. The predicted molar refractivity (Wildman–Crippen MR) is 108 cm³/mol. The Bertz CT molecular complexity index is 966. The fourth-order valence-corrected chi connectivity index (χ4v) is 7.02. The SMILES string of the molecule is Cc1ccc(N2C(=O)[C@@H]3[C@H]4C[C@@H]([C@@H]3C2=O)[C@@H]2C(Cc3cccc(Cl)c3)[C@H]42)cc1. The first kappa shape index (κ1) is 16.8. The van der Waals surface area contributed by atoms with Gasteiger partial charge in [0.1, 0.15) is 0 Å². The van der Waals surface area contributed by atoms with Crippen molar-refractivity contribution in [1.29, 1.82) is 0 Å². The van der Waals surface area contributed by atoms with Crippen LogP contribution >= 0.6 is 11.6 Å². The molecule has 2 amide bonds. The Morgan fingerprint density at radius 3 is 2.21 bits per heavy atom. The van der Waals surface area contributed by atoms with Crippen LogP contribution in [0, 0.1) is 48.3 Å². The monoisotopic (exact) mass is 391 g/mol. The van der Waals surface area contributed by atoms with E-state index in [1.807, 2.05) is 49.4 Å². The minimum absolute atomic E-state index is 0.0400. The molecule has 2 aromatic carbocycles. The molecule has 3 aliphatic carbocycles. The van der Waals surface area contributed by atoms with Gasteiger partial charge in [-0.1, -0.05) is 41.4 Å². The first-order chi connectivity index (χ1) is 13.5. The number of aryl methyl sites for hydroxylation is 1. The maximum atomic E-state index is 13.2. The fraction of sp³-hybridized carbons (Fsp3) is 0.417. The van der Waals surface area contributed by atoms with Gasteiger partial charge in [0.05, 0.1) is 17.5 Å². The van der Waals surface area contributed by atoms with Gasteiger partial charge in [-0.25, -0.2) is 0 Å². The molecule has 1 aliphatic heterocycles. The van der Waals surface area contributed by atoms with Gasteiger partial charge in [0.15, 0.2) is 0 Å². The summed E-state index contributed by atoms with van der Waals surface area (Å²) in [4.78, 5) is 27.9. The molecule has 1 unspecified atom stereocenters. The van der Waals surface area contributed by atoms with E-state index in [4.69, 9.17) is 11.6 Å². The number of anilines is 1. The second-order valence-electron chi connectivity index (χ2n) is 9.12. The van der Waals surface area contributed by atoms with E-state index in [0.717, 1.165) is 29.1 Å². The van der Waals surface area contributed by atoms with Gasteiger partial charge in [-0.2, -0.15) is 0 Å². The quantitative estimate of drug-likeness (QED) is 0.722. The van der Waals surface area contributed by atoms with Crippen LogP contribution < -0.4 is 4.90 Å². The van der Waals surface area contributed by atoms with Crippen molar-refractivity contribution in [3.8, 4) is 0 Å².